The van der Waals surface area contributed by atoms with Crippen molar-refractivity contribution in [2.24, 2.45) is 11.8 Å². The molecule has 3 unspecified atom stereocenters. The van der Waals surface area contributed by atoms with Crippen LogP contribution in [-0.2, 0) is 12.8 Å². The lowest BCUT2D eigenvalue weighted by Gasteiger charge is -2.35. The van der Waals surface area contributed by atoms with Crippen LogP contribution in [0.25, 0.3) is 0 Å². The van der Waals surface area contributed by atoms with Gasteiger partial charge >= 0.3 is 0 Å². The van der Waals surface area contributed by atoms with Crippen molar-refractivity contribution >= 4 is 12.4 Å². The van der Waals surface area contributed by atoms with Gasteiger partial charge in [0.05, 0.1) is 0 Å². The molecular formula is C19H30ClNO2. The molecule has 1 heterocycles. The molecule has 1 N–H and O–H groups in total. The van der Waals surface area contributed by atoms with Gasteiger partial charge in [0.1, 0.15) is 18.5 Å². The van der Waals surface area contributed by atoms with Gasteiger partial charge in [-0.2, -0.15) is 0 Å². The fourth-order valence-corrected chi connectivity index (χ4v) is 4.12. The standard InChI is InChI=1S/C19H29NO2.ClH/c1-14-8-15(2)11-20(10-14)12-18(21)13-22-19-7-6-16-4-3-5-17(16)9-19;/h6-7,9,14-15,18,21H,3-5,8,10-13H2,1-2H3;1H. The average Bonchev–Trinajstić information content (AvgIpc) is 2.91. The fraction of sp³-hybridized carbons (Fsp3) is 0.684. The zero-order valence-electron chi connectivity index (χ0n) is 14.3. The first-order chi connectivity index (χ1) is 10.6. The van der Waals surface area contributed by atoms with Crippen molar-refractivity contribution in [1.29, 1.82) is 0 Å². The number of aliphatic hydroxyl groups is 1. The molecule has 0 radical (unpaired) electrons. The lowest BCUT2D eigenvalue weighted by molar-refractivity contribution is 0.0429. The fourth-order valence-electron chi connectivity index (χ4n) is 4.12. The van der Waals surface area contributed by atoms with E-state index in [-0.39, 0.29) is 12.4 Å². The van der Waals surface area contributed by atoms with Crippen LogP contribution in [-0.4, -0.2) is 42.4 Å². The number of nitrogens with zero attached hydrogens (tertiary/aromatic N) is 1. The second kappa shape index (κ2) is 8.36. The van der Waals surface area contributed by atoms with E-state index < -0.39 is 6.10 Å². The van der Waals surface area contributed by atoms with Crippen molar-refractivity contribution in [3.05, 3.63) is 29.3 Å². The predicted molar refractivity (Wildman–Crippen MR) is 96.6 cm³/mol. The molecule has 3 rings (SSSR count). The molecule has 1 fully saturated rings. The molecule has 1 aromatic rings. The Hall–Kier alpha value is -0.770. The molecular weight excluding hydrogens is 310 g/mol. The minimum Gasteiger partial charge on any atom is -0.491 e. The van der Waals surface area contributed by atoms with Crippen LogP contribution in [0.5, 0.6) is 5.75 Å². The van der Waals surface area contributed by atoms with Gasteiger partial charge in [-0.3, -0.25) is 0 Å². The summed E-state index contributed by atoms with van der Waals surface area (Å²) in [5, 5.41) is 10.3. The molecule has 1 aliphatic carbocycles. The lowest BCUT2D eigenvalue weighted by Crippen LogP contribution is -2.44. The van der Waals surface area contributed by atoms with Crippen molar-refractivity contribution in [2.75, 3.05) is 26.2 Å². The molecule has 3 nitrogen and oxygen atoms in total. The van der Waals surface area contributed by atoms with Crippen LogP contribution in [0, 0.1) is 11.8 Å². The summed E-state index contributed by atoms with van der Waals surface area (Å²) in [6.45, 7) is 7.91. The van der Waals surface area contributed by atoms with Gasteiger partial charge in [-0.05, 0) is 60.8 Å². The SMILES string of the molecule is CC1CC(C)CN(CC(O)COc2ccc3c(c2)CCC3)C1.Cl. The summed E-state index contributed by atoms with van der Waals surface area (Å²) in [7, 11) is 0. The number of benzene rings is 1. The van der Waals surface area contributed by atoms with E-state index in [1.807, 2.05) is 6.07 Å². The number of fused-ring (bicyclic) bond motifs is 1. The number of likely N-dealkylation sites (tertiary alicyclic amines) is 1. The van der Waals surface area contributed by atoms with E-state index >= 15 is 0 Å². The molecule has 23 heavy (non-hydrogen) atoms. The van der Waals surface area contributed by atoms with Gasteiger partial charge in [0.2, 0.25) is 0 Å². The van der Waals surface area contributed by atoms with Gasteiger partial charge in [0, 0.05) is 19.6 Å². The first-order valence-electron chi connectivity index (χ1n) is 8.75. The molecule has 2 aliphatic rings. The number of hydrogen-bond acceptors (Lipinski definition) is 3. The number of aliphatic hydroxyl groups excluding tert-OH is 1. The Kier molecular flexibility index (Phi) is 6.75. The highest BCUT2D eigenvalue weighted by Crippen LogP contribution is 2.26. The summed E-state index contributed by atoms with van der Waals surface area (Å²) >= 11 is 0. The highest BCUT2D eigenvalue weighted by Gasteiger charge is 2.23. The van der Waals surface area contributed by atoms with Gasteiger partial charge in [-0.1, -0.05) is 19.9 Å². The monoisotopic (exact) mass is 339 g/mol. The minimum atomic E-state index is -0.411. The summed E-state index contributed by atoms with van der Waals surface area (Å²) in [4.78, 5) is 2.38. The molecule has 0 bridgehead atoms. The Morgan fingerprint density at radius 3 is 2.61 bits per heavy atom. The van der Waals surface area contributed by atoms with Crippen LogP contribution in [0.2, 0.25) is 0 Å². The second-order valence-corrected chi connectivity index (χ2v) is 7.41. The van der Waals surface area contributed by atoms with Crippen LogP contribution in [0.15, 0.2) is 18.2 Å². The normalized spacial score (nSPS) is 25.5. The van der Waals surface area contributed by atoms with E-state index in [0.29, 0.717) is 6.61 Å². The Labute approximate surface area is 146 Å². The third-order valence-electron chi connectivity index (χ3n) is 4.93. The first-order valence-corrected chi connectivity index (χ1v) is 8.75. The summed E-state index contributed by atoms with van der Waals surface area (Å²) in [6, 6.07) is 6.38. The van der Waals surface area contributed by atoms with E-state index in [2.05, 4.69) is 30.9 Å². The van der Waals surface area contributed by atoms with E-state index in [4.69, 9.17) is 4.74 Å². The Bertz CT molecular complexity index is 498. The van der Waals surface area contributed by atoms with Crippen molar-refractivity contribution < 1.29 is 9.84 Å². The molecule has 0 saturated carbocycles. The zero-order chi connectivity index (χ0) is 15.5. The number of rotatable bonds is 5. The topological polar surface area (TPSA) is 32.7 Å². The molecule has 4 heteroatoms. The molecule has 1 saturated heterocycles. The third kappa shape index (κ3) is 5.10. The molecule has 0 amide bonds. The number of piperidine rings is 1. The first kappa shape index (κ1) is 18.6. The smallest absolute Gasteiger partial charge is 0.119 e. The summed E-state index contributed by atoms with van der Waals surface area (Å²) in [5.41, 5.74) is 2.88. The molecule has 3 atom stereocenters. The van der Waals surface area contributed by atoms with E-state index in [0.717, 1.165) is 37.2 Å². The van der Waals surface area contributed by atoms with Crippen LogP contribution in [0.4, 0.5) is 0 Å². The number of β-amino-alcohol motifs (C(OH)–C–C–N with tert-alkyl or cyclic N) is 1. The summed E-state index contributed by atoms with van der Waals surface area (Å²) in [6.07, 6.45) is 4.51. The number of aryl methyl sites for hydroxylation is 2. The quantitative estimate of drug-likeness (QED) is 0.893. The lowest BCUT2D eigenvalue weighted by atomic mass is 9.92. The van der Waals surface area contributed by atoms with E-state index in [1.54, 1.807) is 0 Å². The third-order valence-corrected chi connectivity index (χ3v) is 4.93. The van der Waals surface area contributed by atoms with E-state index in [1.165, 1.54) is 36.8 Å². The van der Waals surface area contributed by atoms with Gasteiger partial charge in [-0.25, -0.2) is 0 Å². The van der Waals surface area contributed by atoms with Crippen molar-refractivity contribution in [2.45, 2.75) is 45.6 Å². The highest BCUT2D eigenvalue weighted by atomic mass is 35.5. The van der Waals surface area contributed by atoms with Crippen LogP contribution < -0.4 is 4.74 Å². The van der Waals surface area contributed by atoms with Crippen LogP contribution in [0.1, 0.15) is 37.8 Å². The van der Waals surface area contributed by atoms with Gasteiger partial charge < -0.3 is 14.7 Å². The maximum absolute atomic E-state index is 10.3. The van der Waals surface area contributed by atoms with Crippen LogP contribution in [0.3, 0.4) is 0 Å². The number of halogens is 1. The van der Waals surface area contributed by atoms with Gasteiger partial charge in [0.25, 0.3) is 0 Å². The van der Waals surface area contributed by atoms with Crippen molar-refractivity contribution in [3.63, 3.8) is 0 Å². The van der Waals surface area contributed by atoms with Gasteiger partial charge in [0.15, 0.2) is 0 Å². The average molecular weight is 340 g/mol. The van der Waals surface area contributed by atoms with Crippen molar-refractivity contribution in [1.82, 2.24) is 4.90 Å². The molecule has 1 aliphatic heterocycles. The maximum atomic E-state index is 10.3. The predicted octanol–water partition coefficient (Wildman–Crippen LogP) is 3.31. The Morgan fingerprint density at radius 1 is 1.17 bits per heavy atom. The summed E-state index contributed by atoms with van der Waals surface area (Å²) in [5.74, 6) is 2.36. The van der Waals surface area contributed by atoms with Crippen LogP contribution >= 0.6 is 12.4 Å². The summed E-state index contributed by atoms with van der Waals surface area (Å²) < 4.78 is 5.81. The zero-order valence-corrected chi connectivity index (χ0v) is 15.1. The number of hydrogen-bond donors (Lipinski definition) is 1. The molecule has 0 aromatic heterocycles. The molecule has 1 aromatic carbocycles. The highest BCUT2D eigenvalue weighted by molar-refractivity contribution is 5.85. The maximum Gasteiger partial charge on any atom is 0.119 e. The van der Waals surface area contributed by atoms with E-state index in [9.17, 15) is 5.11 Å². The Morgan fingerprint density at radius 2 is 1.87 bits per heavy atom. The Balaban J connectivity index is 0.00000192. The van der Waals surface area contributed by atoms with Gasteiger partial charge in [-0.15, -0.1) is 12.4 Å². The largest absolute Gasteiger partial charge is 0.491 e. The minimum absolute atomic E-state index is 0. The molecule has 0 spiro atoms. The number of ether oxygens (including phenoxy) is 1. The van der Waals surface area contributed by atoms with Crippen molar-refractivity contribution in [3.8, 4) is 5.75 Å². The second-order valence-electron chi connectivity index (χ2n) is 7.41. The molecule has 130 valence electrons.